The molecule has 0 aliphatic heterocycles. The third-order valence-corrected chi connectivity index (χ3v) is 3.46. The Hall–Kier alpha value is -2.04. The number of aromatic carboxylic acids is 1. The van der Waals surface area contributed by atoms with Crippen molar-refractivity contribution in [2.45, 2.75) is 19.5 Å². The van der Waals surface area contributed by atoms with Gasteiger partial charge in [0.05, 0.1) is 10.6 Å². The number of hydrogen-bond donors (Lipinski definition) is 2. The fraction of sp³-hybridized carbons (Fsp3) is 0.235. The van der Waals surface area contributed by atoms with E-state index in [2.05, 4.69) is 17.4 Å². The molecule has 0 spiro atoms. The maximum Gasteiger partial charge on any atom is 0.335 e. The molecule has 5 heteroatoms. The molecule has 0 unspecified atom stereocenters. The molecule has 2 N–H and O–H groups in total. The predicted molar refractivity (Wildman–Crippen MR) is 86.7 cm³/mol. The SMILES string of the molecule is C[C@@H](COc1ccc(C(=O)O)cc1Cl)NCc1ccccc1. The van der Waals surface area contributed by atoms with E-state index >= 15 is 0 Å². The summed E-state index contributed by atoms with van der Waals surface area (Å²) in [6, 6.07) is 14.7. The molecular formula is C17H18ClNO3. The van der Waals surface area contributed by atoms with Crippen molar-refractivity contribution in [3.63, 3.8) is 0 Å². The number of benzene rings is 2. The molecule has 2 aromatic rings. The molecule has 1 atom stereocenters. The standard InChI is InChI=1S/C17H18ClNO3/c1-12(19-10-13-5-3-2-4-6-13)11-22-16-8-7-14(17(20)21)9-15(16)18/h2-9,12,19H,10-11H2,1H3,(H,20,21)/t12-/m0/s1. The second-order valence-electron chi connectivity index (χ2n) is 5.03. The summed E-state index contributed by atoms with van der Waals surface area (Å²) in [5.74, 6) is -0.522. The minimum atomic E-state index is -1.01. The fourth-order valence-electron chi connectivity index (χ4n) is 1.91. The van der Waals surface area contributed by atoms with Gasteiger partial charge in [-0.3, -0.25) is 0 Å². The summed E-state index contributed by atoms with van der Waals surface area (Å²) in [6.07, 6.45) is 0. The summed E-state index contributed by atoms with van der Waals surface area (Å²) in [4.78, 5) is 10.8. The number of hydrogen-bond acceptors (Lipinski definition) is 3. The van der Waals surface area contributed by atoms with Crippen molar-refractivity contribution in [2.24, 2.45) is 0 Å². The van der Waals surface area contributed by atoms with Crippen molar-refractivity contribution in [3.05, 3.63) is 64.7 Å². The average molecular weight is 320 g/mol. The van der Waals surface area contributed by atoms with E-state index in [0.29, 0.717) is 17.4 Å². The molecule has 0 bridgehead atoms. The number of carboxylic acid groups (broad SMARTS) is 1. The predicted octanol–water partition coefficient (Wildman–Crippen LogP) is 3.60. The number of ether oxygens (including phenoxy) is 1. The Morgan fingerprint density at radius 2 is 2.00 bits per heavy atom. The highest BCUT2D eigenvalue weighted by atomic mass is 35.5. The number of halogens is 1. The van der Waals surface area contributed by atoms with E-state index in [0.717, 1.165) is 6.54 Å². The van der Waals surface area contributed by atoms with E-state index in [1.165, 1.54) is 17.7 Å². The molecular weight excluding hydrogens is 302 g/mol. The molecule has 22 heavy (non-hydrogen) atoms. The summed E-state index contributed by atoms with van der Waals surface area (Å²) in [6.45, 7) is 3.22. The van der Waals surface area contributed by atoms with E-state index in [4.69, 9.17) is 21.4 Å². The average Bonchev–Trinajstić information content (AvgIpc) is 2.52. The van der Waals surface area contributed by atoms with E-state index in [-0.39, 0.29) is 11.6 Å². The van der Waals surface area contributed by atoms with Crippen LogP contribution >= 0.6 is 11.6 Å². The first-order valence-electron chi connectivity index (χ1n) is 6.99. The number of carboxylic acids is 1. The summed E-state index contributed by atoms with van der Waals surface area (Å²) >= 11 is 6.02. The Bertz CT molecular complexity index is 631. The van der Waals surface area contributed by atoms with Crippen LogP contribution in [0.1, 0.15) is 22.8 Å². The van der Waals surface area contributed by atoms with Crippen LogP contribution in [0.25, 0.3) is 0 Å². The first-order chi connectivity index (χ1) is 10.6. The van der Waals surface area contributed by atoms with Crippen LogP contribution in [0.4, 0.5) is 0 Å². The smallest absolute Gasteiger partial charge is 0.335 e. The van der Waals surface area contributed by atoms with Crippen molar-refractivity contribution in [3.8, 4) is 5.75 Å². The number of rotatable bonds is 7. The van der Waals surface area contributed by atoms with Gasteiger partial charge in [-0.1, -0.05) is 41.9 Å². The number of nitrogens with one attached hydrogen (secondary N) is 1. The third-order valence-electron chi connectivity index (χ3n) is 3.17. The zero-order valence-electron chi connectivity index (χ0n) is 12.3. The Morgan fingerprint density at radius 3 is 2.64 bits per heavy atom. The van der Waals surface area contributed by atoms with Crippen molar-refractivity contribution in [2.75, 3.05) is 6.61 Å². The summed E-state index contributed by atoms with van der Waals surface area (Å²) in [5, 5.41) is 12.5. The lowest BCUT2D eigenvalue weighted by Gasteiger charge is -2.16. The van der Waals surface area contributed by atoms with Gasteiger partial charge < -0.3 is 15.2 Å². The molecule has 0 fully saturated rings. The lowest BCUT2D eigenvalue weighted by atomic mass is 10.2. The Balaban J connectivity index is 1.83. The van der Waals surface area contributed by atoms with Gasteiger partial charge in [0, 0.05) is 12.6 Å². The second kappa shape index (κ2) is 7.82. The van der Waals surface area contributed by atoms with Crippen LogP contribution in [0.3, 0.4) is 0 Å². The molecule has 0 heterocycles. The Labute approximate surface area is 134 Å². The molecule has 0 aliphatic carbocycles. The van der Waals surface area contributed by atoms with Crippen LogP contribution in [0, 0.1) is 0 Å². The zero-order valence-corrected chi connectivity index (χ0v) is 13.0. The molecule has 0 amide bonds. The Kier molecular flexibility index (Phi) is 5.81. The van der Waals surface area contributed by atoms with Gasteiger partial charge in [0.25, 0.3) is 0 Å². The summed E-state index contributed by atoms with van der Waals surface area (Å²) < 4.78 is 5.63. The Morgan fingerprint density at radius 1 is 1.27 bits per heavy atom. The second-order valence-corrected chi connectivity index (χ2v) is 5.44. The summed E-state index contributed by atoms with van der Waals surface area (Å²) in [7, 11) is 0. The molecule has 0 aromatic heterocycles. The van der Waals surface area contributed by atoms with E-state index in [9.17, 15) is 4.79 Å². The largest absolute Gasteiger partial charge is 0.490 e. The van der Waals surface area contributed by atoms with Crippen LogP contribution in [0.15, 0.2) is 48.5 Å². The van der Waals surface area contributed by atoms with E-state index < -0.39 is 5.97 Å². The van der Waals surface area contributed by atoms with Crippen LogP contribution in [-0.2, 0) is 6.54 Å². The normalized spacial score (nSPS) is 11.9. The zero-order chi connectivity index (χ0) is 15.9. The molecule has 0 aliphatic rings. The van der Waals surface area contributed by atoms with E-state index in [1.807, 2.05) is 25.1 Å². The van der Waals surface area contributed by atoms with Gasteiger partial charge in [-0.05, 0) is 30.7 Å². The number of carbonyl (C=O) groups is 1. The van der Waals surface area contributed by atoms with Crippen molar-refractivity contribution >= 4 is 17.6 Å². The monoisotopic (exact) mass is 319 g/mol. The maximum absolute atomic E-state index is 10.8. The van der Waals surface area contributed by atoms with Crippen LogP contribution in [0.2, 0.25) is 5.02 Å². The third kappa shape index (κ3) is 4.76. The van der Waals surface area contributed by atoms with Crippen molar-refractivity contribution in [1.82, 2.24) is 5.32 Å². The highest BCUT2D eigenvalue weighted by molar-refractivity contribution is 6.32. The topological polar surface area (TPSA) is 58.6 Å². The highest BCUT2D eigenvalue weighted by Crippen LogP contribution is 2.25. The minimum absolute atomic E-state index is 0.135. The molecule has 4 nitrogen and oxygen atoms in total. The minimum Gasteiger partial charge on any atom is -0.490 e. The lowest BCUT2D eigenvalue weighted by molar-refractivity contribution is 0.0697. The molecule has 2 rings (SSSR count). The van der Waals surface area contributed by atoms with Crippen molar-refractivity contribution in [1.29, 1.82) is 0 Å². The lowest BCUT2D eigenvalue weighted by Crippen LogP contribution is -2.31. The molecule has 116 valence electrons. The van der Waals surface area contributed by atoms with Crippen molar-refractivity contribution < 1.29 is 14.6 Å². The quantitative estimate of drug-likeness (QED) is 0.818. The van der Waals surface area contributed by atoms with Gasteiger partial charge in [0.1, 0.15) is 12.4 Å². The summed E-state index contributed by atoms with van der Waals surface area (Å²) in [5.41, 5.74) is 1.35. The maximum atomic E-state index is 10.8. The van der Waals surface area contributed by atoms with Crippen LogP contribution in [0.5, 0.6) is 5.75 Å². The molecule has 0 saturated heterocycles. The van der Waals surface area contributed by atoms with Gasteiger partial charge in [-0.2, -0.15) is 0 Å². The first kappa shape index (κ1) is 16.3. The molecule has 2 aromatic carbocycles. The van der Waals surface area contributed by atoms with Crippen LogP contribution in [-0.4, -0.2) is 23.7 Å². The van der Waals surface area contributed by atoms with Gasteiger partial charge in [0.2, 0.25) is 0 Å². The highest BCUT2D eigenvalue weighted by Gasteiger charge is 2.09. The van der Waals surface area contributed by atoms with Crippen LogP contribution < -0.4 is 10.1 Å². The molecule has 0 radical (unpaired) electrons. The fourth-order valence-corrected chi connectivity index (χ4v) is 2.15. The van der Waals surface area contributed by atoms with Gasteiger partial charge in [-0.15, -0.1) is 0 Å². The molecule has 0 saturated carbocycles. The van der Waals surface area contributed by atoms with E-state index in [1.54, 1.807) is 6.07 Å². The van der Waals surface area contributed by atoms with Gasteiger partial charge in [0.15, 0.2) is 0 Å². The van der Waals surface area contributed by atoms with Gasteiger partial charge in [-0.25, -0.2) is 4.79 Å². The first-order valence-corrected chi connectivity index (χ1v) is 7.37. The van der Waals surface area contributed by atoms with Gasteiger partial charge >= 0.3 is 5.97 Å².